The Labute approximate surface area is 157 Å². The fourth-order valence-electron chi connectivity index (χ4n) is 3.11. The molecular formula is C18H22N2O4S2. The molecule has 140 valence electrons. The molecule has 1 aliphatic heterocycles. The number of nitrogens with zero attached hydrogens (tertiary/aromatic N) is 2. The summed E-state index contributed by atoms with van der Waals surface area (Å²) in [6.07, 6.45) is 0.501. The zero-order valence-electron chi connectivity index (χ0n) is 14.8. The van der Waals surface area contributed by atoms with E-state index in [9.17, 15) is 13.2 Å². The number of benzene rings is 1. The van der Waals surface area contributed by atoms with Gasteiger partial charge in [-0.25, -0.2) is 13.4 Å². The van der Waals surface area contributed by atoms with E-state index in [-0.39, 0.29) is 23.5 Å². The predicted octanol–water partition coefficient (Wildman–Crippen LogP) is 2.68. The molecule has 0 aliphatic carbocycles. The first-order valence-corrected chi connectivity index (χ1v) is 11.2. The van der Waals surface area contributed by atoms with Crippen molar-refractivity contribution in [3.05, 3.63) is 45.9 Å². The number of hydrogen-bond donors (Lipinski definition) is 0. The summed E-state index contributed by atoms with van der Waals surface area (Å²) in [4.78, 5) is 18.9. The summed E-state index contributed by atoms with van der Waals surface area (Å²) in [6, 6.07) is 6.75. The van der Waals surface area contributed by atoms with Gasteiger partial charge in [0, 0.05) is 23.5 Å². The van der Waals surface area contributed by atoms with E-state index >= 15 is 0 Å². The zero-order chi connectivity index (χ0) is 18.7. The number of carbonyl (C=O) groups is 1. The van der Waals surface area contributed by atoms with Crippen molar-refractivity contribution >= 4 is 27.1 Å². The van der Waals surface area contributed by atoms with Crippen molar-refractivity contribution in [1.29, 1.82) is 0 Å². The van der Waals surface area contributed by atoms with Gasteiger partial charge in [-0.1, -0.05) is 6.07 Å². The third-order valence-corrected chi connectivity index (χ3v) is 6.96. The van der Waals surface area contributed by atoms with Gasteiger partial charge >= 0.3 is 0 Å². The van der Waals surface area contributed by atoms with Crippen molar-refractivity contribution in [3.63, 3.8) is 0 Å². The van der Waals surface area contributed by atoms with Crippen LogP contribution in [0.3, 0.4) is 0 Å². The molecule has 2 heterocycles. The van der Waals surface area contributed by atoms with Gasteiger partial charge in [0.1, 0.15) is 12.4 Å². The molecule has 6 nitrogen and oxygen atoms in total. The Bertz CT molecular complexity index is 892. The van der Waals surface area contributed by atoms with Crippen molar-refractivity contribution in [2.45, 2.75) is 32.9 Å². The molecule has 0 spiro atoms. The van der Waals surface area contributed by atoms with Gasteiger partial charge in [0.05, 0.1) is 22.2 Å². The van der Waals surface area contributed by atoms with Gasteiger partial charge in [0.2, 0.25) is 0 Å². The van der Waals surface area contributed by atoms with E-state index < -0.39 is 9.84 Å². The van der Waals surface area contributed by atoms with Gasteiger partial charge in [0.25, 0.3) is 5.91 Å². The molecule has 0 bridgehead atoms. The topological polar surface area (TPSA) is 76.6 Å². The summed E-state index contributed by atoms with van der Waals surface area (Å²) >= 11 is 1.57. The van der Waals surface area contributed by atoms with Gasteiger partial charge in [-0.15, -0.1) is 11.3 Å². The number of aromatic nitrogens is 1. The maximum absolute atomic E-state index is 12.9. The van der Waals surface area contributed by atoms with E-state index in [2.05, 4.69) is 4.98 Å². The SMILES string of the molecule is CCN(C(=O)c1cccc(OCc2csc(C)n2)c1)C1CCS(=O)(=O)C1. The quantitative estimate of drug-likeness (QED) is 0.753. The molecular weight excluding hydrogens is 372 g/mol. The van der Waals surface area contributed by atoms with Crippen molar-refractivity contribution in [2.24, 2.45) is 0 Å². The van der Waals surface area contributed by atoms with E-state index in [1.807, 2.05) is 19.2 Å². The molecule has 0 N–H and O–H groups in total. The first-order chi connectivity index (χ1) is 12.4. The number of carbonyl (C=O) groups excluding carboxylic acids is 1. The molecule has 0 radical (unpaired) electrons. The second kappa shape index (κ2) is 7.75. The maximum Gasteiger partial charge on any atom is 0.254 e. The zero-order valence-corrected chi connectivity index (χ0v) is 16.5. The van der Waals surface area contributed by atoms with Gasteiger partial charge in [-0.05, 0) is 38.5 Å². The largest absolute Gasteiger partial charge is 0.487 e. The van der Waals surface area contributed by atoms with E-state index in [1.54, 1.807) is 40.5 Å². The lowest BCUT2D eigenvalue weighted by molar-refractivity contribution is 0.0708. The lowest BCUT2D eigenvalue weighted by Gasteiger charge is -2.27. The summed E-state index contributed by atoms with van der Waals surface area (Å²) in [6.45, 7) is 4.63. The Balaban J connectivity index is 1.70. The van der Waals surface area contributed by atoms with Crippen LogP contribution in [-0.4, -0.2) is 48.3 Å². The average molecular weight is 395 g/mol. The predicted molar refractivity (Wildman–Crippen MR) is 101 cm³/mol. The van der Waals surface area contributed by atoms with Crippen molar-refractivity contribution < 1.29 is 17.9 Å². The standard InChI is InChI=1S/C18H22N2O4S2/c1-3-20(16-7-8-26(22,23)12-16)18(21)14-5-4-6-17(9-14)24-10-15-11-25-13(2)19-15/h4-6,9,11,16H,3,7-8,10,12H2,1-2H3. The van der Waals surface area contributed by atoms with Gasteiger partial charge < -0.3 is 9.64 Å². The third kappa shape index (κ3) is 4.42. The molecule has 8 heteroatoms. The van der Waals surface area contributed by atoms with Crippen LogP contribution in [0, 0.1) is 6.92 Å². The van der Waals surface area contributed by atoms with Crippen LogP contribution in [-0.2, 0) is 16.4 Å². The Morgan fingerprint density at radius 3 is 2.85 bits per heavy atom. The van der Waals surface area contributed by atoms with E-state index in [1.165, 1.54) is 0 Å². The van der Waals surface area contributed by atoms with Crippen LogP contribution >= 0.6 is 11.3 Å². The van der Waals surface area contributed by atoms with Crippen LogP contribution in [0.15, 0.2) is 29.6 Å². The molecule has 1 aliphatic rings. The molecule has 1 fully saturated rings. The monoisotopic (exact) mass is 394 g/mol. The molecule has 1 aromatic heterocycles. The number of sulfone groups is 1. The molecule has 1 unspecified atom stereocenters. The third-order valence-electron chi connectivity index (χ3n) is 4.38. The fraction of sp³-hybridized carbons (Fsp3) is 0.444. The van der Waals surface area contributed by atoms with Crippen LogP contribution in [0.25, 0.3) is 0 Å². The molecule has 1 saturated heterocycles. The molecule has 1 aromatic carbocycles. The molecule has 2 aromatic rings. The summed E-state index contributed by atoms with van der Waals surface area (Å²) in [5.74, 6) is 0.630. The number of rotatable bonds is 6. The minimum atomic E-state index is -3.04. The number of thiazole rings is 1. The van der Waals surface area contributed by atoms with Crippen molar-refractivity contribution in [1.82, 2.24) is 9.88 Å². The molecule has 26 heavy (non-hydrogen) atoms. The number of hydrogen-bond acceptors (Lipinski definition) is 6. The Hall–Kier alpha value is -1.93. The Morgan fingerprint density at radius 1 is 1.42 bits per heavy atom. The number of aryl methyl sites for hydroxylation is 1. The summed E-state index contributed by atoms with van der Waals surface area (Å²) < 4.78 is 29.2. The maximum atomic E-state index is 12.9. The average Bonchev–Trinajstić information content (AvgIpc) is 3.19. The molecule has 0 saturated carbocycles. The number of ether oxygens (including phenoxy) is 1. The minimum absolute atomic E-state index is 0.0476. The molecule has 1 atom stereocenters. The van der Waals surface area contributed by atoms with Crippen LogP contribution in [0.2, 0.25) is 0 Å². The highest BCUT2D eigenvalue weighted by Crippen LogP contribution is 2.22. The summed E-state index contributed by atoms with van der Waals surface area (Å²) in [7, 11) is -3.04. The Morgan fingerprint density at radius 2 is 2.23 bits per heavy atom. The van der Waals surface area contributed by atoms with Gasteiger partial charge in [0.15, 0.2) is 9.84 Å². The van der Waals surface area contributed by atoms with Crippen LogP contribution in [0.4, 0.5) is 0 Å². The van der Waals surface area contributed by atoms with Crippen molar-refractivity contribution in [3.8, 4) is 5.75 Å². The molecule has 3 rings (SSSR count). The van der Waals surface area contributed by atoms with Crippen LogP contribution in [0.5, 0.6) is 5.75 Å². The number of amides is 1. The lowest BCUT2D eigenvalue weighted by atomic mass is 10.1. The van der Waals surface area contributed by atoms with Gasteiger partial charge in [-0.3, -0.25) is 4.79 Å². The highest BCUT2D eigenvalue weighted by atomic mass is 32.2. The van der Waals surface area contributed by atoms with Gasteiger partial charge in [-0.2, -0.15) is 0 Å². The van der Waals surface area contributed by atoms with Crippen LogP contribution < -0.4 is 4.74 Å². The summed E-state index contributed by atoms with van der Waals surface area (Å²) in [5.41, 5.74) is 1.36. The van der Waals surface area contributed by atoms with E-state index in [0.29, 0.717) is 30.9 Å². The van der Waals surface area contributed by atoms with Crippen LogP contribution in [0.1, 0.15) is 34.4 Å². The first kappa shape index (κ1) is 18.8. The molecule has 1 amide bonds. The second-order valence-electron chi connectivity index (χ2n) is 6.32. The van der Waals surface area contributed by atoms with E-state index in [0.717, 1.165) is 10.7 Å². The van der Waals surface area contributed by atoms with Crippen molar-refractivity contribution in [2.75, 3.05) is 18.1 Å². The smallest absolute Gasteiger partial charge is 0.254 e. The highest BCUT2D eigenvalue weighted by molar-refractivity contribution is 7.91. The summed E-state index contributed by atoms with van der Waals surface area (Å²) in [5, 5.41) is 2.93. The van der Waals surface area contributed by atoms with E-state index in [4.69, 9.17) is 4.74 Å². The minimum Gasteiger partial charge on any atom is -0.487 e. The lowest BCUT2D eigenvalue weighted by Crippen LogP contribution is -2.40. The second-order valence-corrected chi connectivity index (χ2v) is 9.61. The fourth-order valence-corrected chi connectivity index (χ4v) is 5.43. The normalized spacial score (nSPS) is 18.6. The first-order valence-electron chi connectivity index (χ1n) is 8.53. The Kier molecular flexibility index (Phi) is 5.62. The highest BCUT2D eigenvalue weighted by Gasteiger charge is 2.34.